The van der Waals surface area contributed by atoms with Gasteiger partial charge < -0.3 is 10.6 Å². The van der Waals surface area contributed by atoms with Gasteiger partial charge in [-0.15, -0.1) is 0 Å². The molecule has 0 spiro atoms. The van der Waals surface area contributed by atoms with E-state index >= 15 is 0 Å². The molecule has 0 atom stereocenters. The lowest BCUT2D eigenvalue weighted by Crippen LogP contribution is -2.30. The van der Waals surface area contributed by atoms with Crippen LogP contribution in [-0.4, -0.2) is 35.1 Å². The van der Waals surface area contributed by atoms with Crippen LogP contribution in [0.2, 0.25) is 0 Å². The molecule has 4 amide bonds. The quantitative estimate of drug-likeness (QED) is 0.542. The minimum Gasteiger partial charge on any atom is -0.338 e. The largest absolute Gasteiger partial charge is 0.338 e. The number of aromatic nitrogens is 2. The molecule has 0 bridgehead atoms. The third-order valence-corrected chi connectivity index (χ3v) is 3.67. The van der Waals surface area contributed by atoms with E-state index in [4.69, 9.17) is 0 Å². The minimum absolute atomic E-state index is 0.296. The zero-order valence-corrected chi connectivity index (χ0v) is 15.3. The molecule has 0 aliphatic heterocycles. The number of rotatable bonds is 8. The Balaban J connectivity index is 2.00. The molecule has 2 aromatic heterocycles. The number of hydrogen-bond donors (Lipinski definition) is 4. The van der Waals surface area contributed by atoms with E-state index in [0.29, 0.717) is 30.4 Å². The van der Waals surface area contributed by atoms with Crippen molar-refractivity contribution in [3.05, 3.63) is 24.3 Å². The van der Waals surface area contributed by atoms with E-state index in [1.165, 1.54) is 0 Å². The highest BCUT2D eigenvalue weighted by Crippen LogP contribution is 2.16. The van der Waals surface area contributed by atoms with Gasteiger partial charge >= 0.3 is 12.1 Å². The van der Waals surface area contributed by atoms with Crippen molar-refractivity contribution in [2.24, 2.45) is 0 Å². The van der Waals surface area contributed by atoms with E-state index in [-0.39, 0.29) is 12.1 Å². The molecule has 4 N–H and O–H groups in total. The van der Waals surface area contributed by atoms with Crippen LogP contribution < -0.4 is 21.3 Å². The third kappa shape index (κ3) is 6.19. The monoisotopic (exact) mass is 358 g/mol. The van der Waals surface area contributed by atoms with Gasteiger partial charge in [-0.1, -0.05) is 26.7 Å². The number of carbonyl (C=O) groups is 2. The Labute approximate surface area is 153 Å². The average molecular weight is 358 g/mol. The van der Waals surface area contributed by atoms with Gasteiger partial charge in [-0.25, -0.2) is 19.6 Å². The average Bonchev–Trinajstić information content (AvgIpc) is 2.62. The lowest BCUT2D eigenvalue weighted by molar-refractivity contribution is 0.251. The second-order valence-electron chi connectivity index (χ2n) is 5.91. The molecule has 2 rings (SSSR count). The second-order valence-corrected chi connectivity index (χ2v) is 5.91. The summed E-state index contributed by atoms with van der Waals surface area (Å²) in [5.74, 6) is 0.812. The zero-order chi connectivity index (χ0) is 18.8. The maximum Gasteiger partial charge on any atom is 0.320 e. The van der Waals surface area contributed by atoms with Crippen LogP contribution in [0.25, 0.3) is 11.0 Å². The fourth-order valence-corrected chi connectivity index (χ4v) is 2.22. The van der Waals surface area contributed by atoms with Gasteiger partial charge in [-0.05, 0) is 37.1 Å². The maximum atomic E-state index is 11.8. The maximum absolute atomic E-state index is 11.8. The Bertz CT molecular complexity index is 691. The lowest BCUT2D eigenvalue weighted by Gasteiger charge is -2.09. The van der Waals surface area contributed by atoms with Crippen molar-refractivity contribution in [1.82, 2.24) is 20.6 Å². The van der Waals surface area contributed by atoms with Crippen LogP contribution >= 0.6 is 0 Å². The predicted molar refractivity (Wildman–Crippen MR) is 103 cm³/mol. The lowest BCUT2D eigenvalue weighted by atomic mass is 10.3. The van der Waals surface area contributed by atoms with Gasteiger partial charge in [-0.2, -0.15) is 0 Å². The summed E-state index contributed by atoms with van der Waals surface area (Å²) in [7, 11) is 0. The van der Waals surface area contributed by atoms with Crippen LogP contribution in [0, 0.1) is 0 Å². The number of urea groups is 2. The Morgan fingerprint density at radius 3 is 1.69 bits per heavy atom. The summed E-state index contributed by atoms with van der Waals surface area (Å²) in [6.45, 7) is 5.36. The molecule has 26 heavy (non-hydrogen) atoms. The zero-order valence-electron chi connectivity index (χ0n) is 15.3. The van der Waals surface area contributed by atoms with E-state index < -0.39 is 0 Å². The van der Waals surface area contributed by atoms with Crippen molar-refractivity contribution in [2.75, 3.05) is 23.7 Å². The first-order chi connectivity index (χ1) is 12.6. The number of hydrogen-bond acceptors (Lipinski definition) is 4. The standard InChI is InChI=1S/C18H26N6O2/c1-3-5-11-19-17(25)23-14-9-7-13-8-10-15(22-16(13)21-14)24-18(26)20-12-6-4-2/h7-10H,3-6,11-12H2,1-2H3,(H4,19,20,21,22,23,24,25,26). The highest BCUT2D eigenvalue weighted by atomic mass is 16.2. The van der Waals surface area contributed by atoms with Gasteiger partial charge in [-0.3, -0.25) is 10.6 Å². The van der Waals surface area contributed by atoms with Crippen LogP contribution in [-0.2, 0) is 0 Å². The van der Waals surface area contributed by atoms with Crippen LogP contribution in [0.1, 0.15) is 39.5 Å². The molecular formula is C18H26N6O2. The summed E-state index contributed by atoms with van der Waals surface area (Å²) in [5, 5.41) is 11.7. The third-order valence-electron chi connectivity index (χ3n) is 3.67. The topological polar surface area (TPSA) is 108 Å². The summed E-state index contributed by atoms with van der Waals surface area (Å²) < 4.78 is 0. The molecule has 0 unspecified atom stereocenters. The van der Waals surface area contributed by atoms with E-state index in [9.17, 15) is 9.59 Å². The molecule has 0 aliphatic rings. The normalized spacial score (nSPS) is 10.4. The fraction of sp³-hybridized carbons (Fsp3) is 0.444. The molecule has 0 radical (unpaired) electrons. The first-order valence-electron chi connectivity index (χ1n) is 9.00. The Morgan fingerprint density at radius 2 is 1.27 bits per heavy atom. The summed E-state index contributed by atoms with van der Waals surface area (Å²) >= 11 is 0. The molecule has 0 aromatic carbocycles. The highest BCUT2D eigenvalue weighted by molar-refractivity contribution is 5.91. The van der Waals surface area contributed by atoms with Crippen LogP contribution in [0.3, 0.4) is 0 Å². The highest BCUT2D eigenvalue weighted by Gasteiger charge is 2.07. The van der Waals surface area contributed by atoms with E-state index in [2.05, 4.69) is 45.1 Å². The smallest absolute Gasteiger partial charge is 0.320 e. The van der Waals surface area contributed by atoms with Gasteiger partial charge in [0, 0.05) is 18.5 Å². The summed E-state index contributed by atoms with van der Waals surface area (Å²) in [6.07, 6.45) is 3.88. The number of pyridine rings is 2. The van der Waals surface area contributed by atoms with E-state index in [1.54, 1.807) is 12.1 Å². The molecule has 2 aromatic rings. The molecule has 0 saturated carbocycles. The summed E-state index contributed by atoms with van der Waals surface area (Å²) in [4.78, 5) is 32.3. The molecule has 0 fully saturated rings. The molecule has 8 nitrogen and oxygen atoms in total. The second kappa shape index (κ2) is 10.2. The number of fused-ring (bicyclic) bond motifs is 1. The molecule has 140 valence electrons. The van der Waals surface area contributed by atoms with Crippen molar-refractivity contribution in [2.45, 2.75) is 39.5 Å². The van der Waals surface area contributed by atoms with Gasteiger partial charge in [0.25, 0.3) is 0 Å². The molecule has 0 saturated heterocycles. The Hall–Kier alpha value is -2.90. The van der Waals surface area contributed by atoms with Crippen molar-refractivity contribution < 1.29 is 9.59 Å². The van der Waals surface area contributed by atoms with Gasteiger partial charge in [0.2, 0.25) is 0 Å². The first kappa shape index (κ1) is 19.4. The van der Waals surface area contributed by atoms with Gasteiger partial charge in [0.15, 0.2) is 5.65 Å². The van der Waals surface area contributed by atoms with E-state index in [0.717, 1.165) is 31.1 Å². The predicted octanol–water partition coefficient (Wildman–Crippen LogP) is 3.47. The molecule has 8 heteroatoms. The van der Waals surface area contributed by atoms with Gasteiger partial charge in [0.1, 0.15) is 11.6 Å². The van der Waals surface area contributed by atoms with Crippen LogP contribution in [0.5, 0.6) is 0 Å². The number of unbranched alkanes of at least 4 members (excludes halogenated alkanes) is 2. The van der Waals surface area contributed by atoms with Crippen molar-refractivity contribution in [1.29, 1.82) is 0 Å². The number of carbonyl (C=O) groups excluding carboxylic acids is 2. The van der Waals surface area contributed by atoms with Crippen molar-refractivity contribution >= 4 is 34.7 Å². The van der Waals surface area contributed by atoms with Crippen LogP contribution in [0.15, 0.2) is 24.3 Å². The minimum atomic E-state index is -0.296. The fourth-order valence-electron chi connectivity index (χ4n) is 2.22. The number of nitrogens with zero attached hydrogens (tertiary/aromatic N) is 2. The number of amides is 4. The van der Waals surface area contributed by atoms with Gasteiger partial charge in [0.05, 0.1) is 0 Å². The van der Waals surface area contributed by atoms with E-state index in [1.807, 2.05) is 12.1 Å². The number of nitrogens with one attached hydrogen (secondary N) is 4. The molecule has 2 heterocycles. The summed E-state index contributed by atoms with van der Waals surface area (Å²) in [6, 6.07) is 6.48. The summed E-state index contributed by atoms with van der Waals surface area (Å²) in [5.41, 5.74) is 0.447. The van der Waals surface area contributed by atoms with Crippen molar-refractivity contribution in [3.63, 3.8) is 0 Å². The SMILES string of the molecule is CCCCNC(=O)Nc1ccc2ccc(NC(=O)NCCCC)nc2n1. The Kier molecular flexibility index (Phi) is 7.60. The molecule has 0 aliphatic carbocycles. The Morgan fingerprint density at radius 1 is 0.808 bits per heavy atom. The van der Waals surface area contributed by atoms with Crippen LogP contribution in [0.4, 0.5) is 21.2 Å². The number of anilines is 2. The molecular weight excluding hydrogens is 332 g/mol. The first-order valence-corrected chi connectivity index (χ1v) is 9.00. The van der Waals surface area contributed by atoms with Crippen molar-refractivity contribution in [3.8, 4) is 0 Å².